The number of carbonyl (C=O) groups is 1. The lowest BCUT2D eigenvalue weighted by Gasteiger charge is -2.22. The largest absolute Gasteiger partial charge is 0.316 e. The highest BCUT2D eigenvalue weighted by molar-refractivity contribution is 5.99. The molecule has 1 unspecified atom stereocenters. The zero-order valence-electron chi connectivity index (χ0n) is 10.0. The molecular weight excluding hydrogens is 198 g/mol. The summed E-state index contributed by atoms with van der Waals surface area (Å²) in [5, 5.41) is 3.30. The van der Waals surface area contributed by atoms with Crippen molar-refractivity contribution in [2.75, 3.05) is 13.1 Å². The van der Waals surface area contributed by atoms with Gasteiger partial charge in [0.25, 0.3) is 0 Å². The lowest BCUT2D eigenvalue weighted by Crippen LogP contribution is -2.34. The molecule has 0 radical (unpaired) electrons. The molecule has 1 saturated heterocycles. The van der Waals surface area contributed by atoms with Crippen molar-refractivity contribution in [3.05, 3.63) is 34.9 Å². The summed E-state index contributed by atoms with van der Waals surface area (Å²) in [6.45, 7) is 5.95. The fourth-order valence-electron chi connectivity index (χ4n) is 2.30. The molecule has 16 heavy (non-hydrogen) atoms. The minimum Gasteiger partial charge on any atom is -0.316 e. The van der Waals surface area contributed by atoms with Gasteiger partial charge in [-0.05, 0) is 44.9 Å². The Balaban J connectivity index is 2.22. The minimum atomic E-state index is 0.175. The summed E-state index contributed by atoms with van der Waals surface area (Å²) >= 11 is 0. The molecule has 0 saturated carbocycles. The fourth-order valence-corrected chi connectivity index (χ4v) is 2.30. The quantitative estimate of drug-likeness (QED) is 0.771. The second kappa shape index (κ2) is 4.79. The third kappa shape index (κ3) is 2.33. The van der Waals surface area contributed by atoms with Crippen LogP contribution in [0, 0.1) is 19.8 Å². The van der Waals surface area contributed by atoms with Gasteiger partial charge in [0.05, 0.1) is 0 Å². The zero-order valence-corrected chi connectivity index (χ0v) is 10.0. The lowest BCUT2D eigenvalue weighted by molar-refractivity contribution is 0.0899. The van der Waals surface area contributed by atoms with Crippen LogP contribution in [-0.2, 0) is 0 Å². The number of benzene rings is 1. The molecule has 0 bridgehead atoms. The van der Waals surface area contributed by atoms with Gasteiger partial charge in [-0.2, -0.15) is 0 Å². The normalized spacial score (nSPS) is 20.8. The van der Waals surface area contributed by atoms with Gasteiger partial charge in [-0.15, -0.1) is 0 Å². The molecule has 0 aliphatic carbocycles. The summed E-state index contributed by atoms with van der Waals surface area (Å²) in [5.41, 5.74) is 3.17. The summed E-state index contributed by atoms with van der Waals surface area (Å²) in [7, 11) is 0. The maximum absolute atomic E-state index is 12.3. The number of ketones is 1. The van der Waals surface area contributed by atoms with E-state index in [0.29, 0.717) is 5.78 Å². The number of nitrogens with one attached hydrogen (secondary N) is 1. The molecule has 1 N–H and O–H groups in total. The maximum atomic E-state index is 12.3. The smallest absolute Gasteiger partial charge is 0.167 e. The molecule has 0 spiro atoms. The summed E-state index contributed by atoms with van der Waals surface area (Å²) in [6.07, 6.45) is 2.14. The van der Waals surface area contributed by atoms with Crippen LogP contribution in [-0.4, -0.2) is 18.9 Å². The Bertz CT molecular complexity index is 392. The van der Waals surface area contributed by atoms with Gasteiger partial charge in [0.2, 0.25) is 0 Å². The first-order chi connectivity index (χ1) is 7.68. The number of Topliss-reactive ketones (excluding diaryl/α,β-unsaturated/α-hetero) is 1. The summed E-state index contributed by atoms with van der Waals surface area (Å²) < 4.78 is 0. The molecule has 2 heteroatoms. The Labute approximate surface area is 97.1 Å². The van der Waals surface area contributed by atoms with Gasteiger partial charge in [0.15, 0.2) is 5.78 Å². The highest BCUT2D eigenvalue weighted by Gasteiger charge is 2.23. The van der Waals surface area contributed by atoms with Gasteiger partial charge < -0.3 is 5.32 Å². The average Bonchev–Trinajstić information content (AvgIpc) is 2.32. The second-order valence-electron chi connectivity index (χ2n) is 4.73. The molecular formula is C14H19NO. The van der Waals surface area contributed by atoms with Crippen LogP contribution >= 0.6 is 0 Å². The highest BCUT2D eigenvalue weighted by atomic mass is 16.1. The van der Waals surface area contributed by atoms with Crippen molar-refractivity contribution in [1.82, 2.24) is 5.32 Å². The van der Waals surface area contributed by atoms with E-state index in [-0.39, 0.29) is 5.92 Å². The van der Waals surface area contributed by atoms with Gasteiger partial charge in [-0.25, -0.2) is 0 Å². The summed E-state index contributed by atoms with van der Waals surface area (Å²) in [4.78, 5) is 12.3. The van der Waals surface area contributed by atoms with Gasteiger partial charge in [0, 0.05) is 18.0 Å². The SMILES string of the molecule is Cc1ccc(C)c(C(=O)C2CCCNC2)c1. The number of aryl methyl sites for hydroxylation is 2. The van der Waals surface area contributed by atoms with Crippen molar-refractivity contribution in [3.63, 3.8) is 0 Å². The van der Waals surface area contributed by atoms with Crippen LogP contribution in [0.25, 0.3) is 0 Å². The summed E-state index contributed by atoms with van der Waals surface area (Å²) in [5.74, 6) is 0.489. The van der Waals surface area contributed by atoms with Gasteiger partial charge in [0.1, 0.15) is 0 Å². The van der Waals surface area contributed by atoms with Crippen LogP contribution < -0.4 is 5.32 Å². The van der Waals surface area contributed by atoms with Crippen molar-refractivity contribution in [3.8, 4) is 0 Å². The van der Waals surface area contributed by atoms with E-state index >= 15 is 0 Å². The number of hydrogen-bond acceptors (Lipinski definition) is 2. The van der Waals surface area contributed by atoms with E-state index in [9.17, 15) is 4.79 Å². The molecule has 1 aromatic carbocycles. The Morgan fingerprint density at radius 3 is 2.88 bits per heavy atom. The standard InChI is InChI=1S/C14H19NO/c1-10-5-6-11(2)13(8-10)14(16)12-4-3-7-15-9-12/h5-6,8,12,15H,3-4,7,9H2,1-2H3. The molecule has 2 nitrogen and oxygen atoms in total. The first kappa shape index (κ1) is 11.3. The number of rotatable bonds is 2. The van der Waals surface area contributed by atoms with Crippen LogP contribution in [0.1, 0.15) is 34.3 Å². The molecule has 1 aliphatic rings. The fraction of sp³-hybridized carbons (Fsp3) is 0.500. The zero-order chi connectivity index (χ0) is 11.5. The van der Waals surface area contributed by atoms with Crippen LogP contribution in [0.3, 0.4) is 0 Å². The molecule has 0 aromatic heterocycles. The van der Waals surface area contributed by atoms with Crippen molar-refractivity contribution >= 4 is 5.78 Å². The van der Waals surface area contributed by atoms with Crippen LogP contribution in [0.2, 0.25) is 0 Å². The molecule has 86 valence electrons. The number of piperidine rings is 1. The molecule has 1 fully saturated rings. The predicted molar refractivity (Wildman–Crippen MR) is 65.8 cm³/mol. The Morgan fingerprint density at radius 2 is 2.19 bits per heavy atom. The van der Waals surface area contributed by atoms with E-state index < -0.39 is 0 Å². The minimum absolute atomic E-state index is 0.175. The Kier molecular flexibility index (Phi) is 3.39. The van der Waals surface area contributed by atoms with E-state index in [1.807, 2.05) is 26.0 Å². The molecule has 1 atom stereocenters. The van der Waals surface area contributed by atoms with E-state index in [0.717, 1.165) is 42.6 Å². The average molecular weight is 217 g/mol. The van der Waals surface area contributed by atoms with Crippen molar-refractivity contribution in [2.24, 2.45) is 5.92 Å². The predicted octanol–water partition coefficient (Wildman–Crippen LogP) is 2.49. The molecule has 2 rings (SSSR count). The van der Waals surface area contributed by atoms with Crippen LogP contribution in [0.4, 0.5) is 0 Å². The highest BCUT2D eigenvalue weighted by Crippen LogP contribution is 2.20. The summed E-state index contributed by atoms with van der Waals surface area (Å²) in [6, 6.07) is 6.12. The van der Waals surface area contributed by atoms with Crippen LogP contribution in [0.15, 0.2) is 18.2 Å². The van der Waals surface area contributed by atoms with E-state index in [1.165, 1.54) is 0 Å². The van der Waals surface area contributed by atoms with E-state index in [1.54, 1.807) is 0 Å². The van der Waals surface area contributed by atoms with E-state index in [4.69, 9.17) is 0 Å². The van der Waals surface area contributed by atoms with Crippen molar-refractivity contribution in [1.29, 1.82) is 0 Å². The first-order valence-electron chi connectivity index (χ1n) is 6.00. The maximum Gasteiger partial charge on any atom is 0.167 e. The molecule has 1 heterocycles. The third-order valence-electron chi connectivity index (χ3n) is 3.33. The van der Waals surface area contributed by atoms with Gasteiger partial charge in [-0.3, -0.25) is 4.79 Å². The number of hydrogen-bond donors (Lipinski definition) is 1. The third-order valence-corrected chi connectivity index (χ3v) is 3.33. The lowest BCUT2D eigenvalue weighted by atomic mass is 9.88. The van der Waals surface area contributed by atoms with Gasteiger partial charge >= 0.3 is 0 Å². The second-order valence-corrected chi connectivity index (χ2v) is 4.73. The first-order valence-corrected chi connectivity index (χ1v) is 6.00. The molecule has 1 aliphatic heterocycles. The van der Waals surface area contributed by atoms with Crippen molar-refractivity contribution in [2.45, 2.75) is 26.7 Å². The Morgan fingerprint density at radius 1 is 1.38 bits per heavy atom. The molecule has 0 amide bonds. The molecule has 1 aromatic rings. The topological polar surface area (TPSA) is 29.1 Å². The van der Waals surface area contributed by atoms with E-state index in [2.05, 4.69) is 11.4 Å². The monoisotopic (exact) mass is 217 g/mol. The van der Waals surface area contributed by atoms with Gasteiger partial charge in [-0.1, -0.05) is 17.7 Å². The van der Waals surface area contributed by atoms with Crippen LogP contribution in [0.5, 0.6) is 0 Å². The number of carbonyl (C=O) groups excluding carboxylic acids is 1. The van der Waals surface area contributed by atoms with Crippen molar-refractivity contribution < 1.29 is 4.79 Å². The Hall–Kier alpha value is -1.15.